The zero-order valence-electron chi connectivity index (χ0n) is 7.23. The van der Waals surface area contributed by atoms with Crippen LogP contribution in [0.15, 0.2) is 17.5 Å². The molecule has 0 nitrogen and oxygen atoms in total. The first-order valence-electron chi connectivity index (χ1n) is 3.75. The number of alkyl halides is 4. The Labute approximate surface area is 78.2 Å². The third kappa shape index (κ3) is 2.99. The topological polar surface area (TPSA) is 0 Å². The van der Waals surface area contributed by atoms with Crippen LogP contribution in [-0.2, 0) is 5.92 Å². The molecule has 0 aliphatic heterocycles. The molecule has 0 amide bonds. The van der Waals surface area contributed by atoms with Gasteiger partial charge < -0.3 is 0 Å². The lowest BCUT2D eigenvalue weighted by molar-refractivity contribution is -0.132. The molecule has 0 saturated carbocycles. The standard InChI is InChI=1S/C6H4F4S.C2H6/c7-5(8)6(9,10)4-2-1-3-11-4;1-2/h1-3,5H;1-2H3. The summed E-state index contributed by atoms with van der Waals surface area (Å²) in [6.45, 7) is 4.00. The number of rotatable bonds is 2. The zero-order valence-corrected chi connectivity index (χ0v) is 8.05. The van der Waals surface area contributed by atoms with Gasteiger partial charge >= 0.3 is 12.3 Å². The van der Waals surface area contributed by atoms with Crippen molar-refractivity contribution in [3.05, 3.63) is 22.4 Å². The van der Waals surface area contributed by atoms with Crippen LogP contribution in [-0.4, -0.2) is 6.43 Å². The fraction of sp³-hybridized carbons (Fsp3) is 0.500. The van der Waals surface area contributed by atoms with Crippen molar-refractivity contribution in [1.82, 2.24) is 0 Å². The minimum Gasteiger partial charge on any atom is -0.203 e. The van der Waals surface area contributed by atoms with Gasteiger partial charge in [-0.15, -0.1) is 11.3 Å². The molecule has 5 heteroatoms. The summed E-state index contributed by atoms with van der Waals surface area (Å²) in [4.78, 5) is -0.590. The summed E-state index contributed by atoms with van der Waals surface area (Å²) in [5.41, 5.74) is 0. The van der Waals surface area contributed by atoms with Gasteiger partial charge in [0.05, 0.1) is 4.88 Å². The van der Waals surface area contributed by atoms with E-state index in [1.807, 2.05) is 13.8 Å². The molecule has 0 radical (unpaired) electrons. The van der Waals surface area contributed by atoms with Crippen LogP contribution in [0.25, 0.3) is 0 Å². The fourth-order valence-electron chi connectivity index (χ4n) is 0.576. The molecule has 0 spiro atoms. The highest BCUT2D eigenvalue weighted by molar-refractivity contribution is 7.10. The van der Waals surface area contributed by atoms with E-state index in [-0.39, 0.29) is 0 Å². The number of hydrogen-bond donors (Lipinski definition) is 0. The molecule has 1 rings (SSSR count). The van der Waals surface area contributed by atoms with E-state index in [9.17, 15) is 17.6 Å². The Kier molecular flexibility index (Phi) is 4.98. The summed E-state index contributed by atoms with van der Waals surface area (Å²) < 4.78 is 48.0. The molecule has 0 aliphatic carbocycles. The van der Waals surface area contributed by atoms with Crippen molar-refractivity contribution in [2.75, 3.05) is 0 Å². The molecule has 1 heterocycles. The average Bonchev–Trinajstić information content (AvgIpc) is 2.60. The van der Waals surface area contributed by atoms with Crippen molar-refractivity contribution in [1.29, 1.82) is 0 Å². The molecule has 0 saturated heterocycles. The second-order valence-corrected chi connectivity index (χ2v) is 2.85. The third-order valence-electron chi connectivity index (χ3n) is 1.12. The zero-order chi connectivity index (χ0) is 10.5. The molecule has 0 fully saturated rings. The van der Waals surface area contributed by atoms with Crippen LogP contribution < -0.4 is 0 Å². The summed E-state index contributed by atoms with van der Waals surface area (Å²) >= 11 is 0.628. The van der Waals surface area contributed by atoms with E-state index >= 15 is 0 Å². The summed E-state index contributed by atoms with van der Waals surface area (Å²) in [6.07, 6.45) is -3.62. The maximum absolute atomic E-state index is 12.4. The SMILES string of the molecule is CC.FC(F)C(F)(F)c1cccs1. The lowest BCUT2D eigenvalue weighted by atomic mass is 10.3. The van der Waals surface area contributed by atoms with Gasteiger partial charge in [0.25, 0.3) is 0 Å². The predicted molar refractivity (Wildman–Crippen MR) is 45.6 cm³/mol. The predicted octanol–water partition coefficient (Wildman–Crippen LogP) is 4.13. The first kappa shape index (κ1) is 12.4. The average molecular weight is 214 g/mol. The Hall–Kier alpha value is -0.580. The molecule has 0 unspecified atom stereocenters. The Morgan fingerprint density at radius 1 is 1.31 bits per heavy atom. The largest absolute Gasteiger partial charge is 0.341 e. The molecular formula is C8H10F4S. The summed E-state index contributed by atoms with van der Waals surface area (Å²) in [5.74, 6) is -3.99. The van der Waals surface area contributed by atoms with Gasteiger partial charge in [0.1, 0.15) is 0 Å². The summed E-state index contributed by atoms with van der Waals surface area (Å²) in [7, 11) is 0. The maximum atomic E-state index is 12.4. The van der Waals surface area contributed by atoms with Gasteiger partial charge in [0, 0.05) is 0 Å². The molecule has 1 aromatic heterocycles. The van der Waals surface area contributed by atoms with E-state index in [2.05, 4.69) is 0 Å². The first-order chi connectivity index (χ1) is 6.05. The number of hydrogen-bond acceptors (Lipinski definition) is 1. The minimum absolute atomic E-state index is 0.590. The Morgan fingerprint density at radius 2 is 1.85 bits per heavy atom. The van der Waals surface area contributed by atoms with Crippen LogP contribution >= 0.6 is 11.3 Å². The van der Waals surface area contributed by atoms with Gasteiger partial charge in [-0.3, -0.25) is 0 Å². The number of halogens is 4. The molecule has 1 aromatic rings. The summed E-state index contributed by atoms with van der Waals surface area (Å²) in [6, 6.07) is 2.31. The van der Waals surface area contributed by atoms with Crippen molar-refractivity contribution in [3.8, 4) is 0 Å². The van der Waals surface area contributed by atoms with Gasteiger partial charge in [-0.2, -0.15) is 8.78 Å². The third-order valence-corrected chi connectivity index (χ3v) is 2.08. The first-order valence-corrected chi connectivity index (χ1v) is 4.63. The monoisotopic (exact) mass is 214 g/mol. The van der Waals surface area contributed by atoms with Crippen molar-refractivity contribution in [3.63, 3.8) is 0 Å². The molecule has 0 aliphatic rings. The normalized spacial score (nSPS) is 11.0. The van der Waals surface area contributed by atoms with E-state index in [4.69, 9.17) is 0 Å². The van der Waals surface area contributed by atoms with Crippen LogP contribution in [0, 0.1) is 0 Å². The van der Waals surface area contributed by atoms with Crippen molar-refractivity contribution < 1.29 is 17.6 Å². The van der Waals surface area contributed by atoms with Gasteiger partial charge in [0.2, 0.25) is 0 Å². The Balaban J connectivity index is 0.000000671. The Bertz CT molecular complexity index is 218. The van der Waals surface area contributed by atoms with E-state index < -0.39 is 17.2 Å². The molecule has 0 atom stereocenters. The molecule has 13 heavy (non-hydrogen) atoms. The highest BCUT2D eigenvalue weighted by Gasteiger charge is 2.43. The van der Waals surface area contributed by atoms with Gasteiger partial charge in [-0.25, -0.2) is 8.78 Å². The van der Waals surface area contributed by atoms with Crippen LogP contribution in [0.3, 0.4) is 0 Å². The van der Waals surface area contributed by atoms with Crippen molar-refractivity contribution in [2.45, 2.75) is 26.2 Å². The highest BCUT2D eigenvalue weighted by atomic mass is 32.1. The highest BCUT2D eigenvalue weighted by Crippen LogP contribution is 2.36. The fourth-order valence-corrected chi connectivity index (χ4v) is 1.28. The smallest absolute Gasteiger partial charge is 0.203 e. The van der Waals surface area contributed by atoms with E-state index in [1.54, 1.807) is 0 Å². The quantitative estimate of drug-likeness (QED) is 0.649. The lowest BCUT2D eigenvalue weighted by Crippen LogP contribution is -2.21. The van der Waals surface area contributed by atoms with Gasteiger partial charge in [-0.1, -0.05) is 19.9 Å². The molecule has 0 N–H and O–H groups in total. The number of thiophene rings is 1. The van der Waals surface area contributed by atoms with Crippen molar-refractivity contribution in [2.24, 2.45) is 0 Å². The van der Waals surface area contributed by atoms with E-state index in [0.29, 0.717) is 11.3 Å². The van der Waals surface area contributed by atoms with Crippen LogP contribution in [0.1, 0.15) is 18.7 Å². The lowest BCUT2D eigenvalue weighted by Gasteiger charge is -2.11. The molecule has 0 aromatic carbocycles. The minimum atomic E-state index is -3.99. The van der Waals surface area contributed by atoms with E-state index in [0.717, 1.165) is 6.07 Å². The second-order valence-electron chi connectivity index (χ2n) is 1.90. The van der Waals surface area contributed by atoms with Crippen LogP contribution in [0.5, 0.6) is 0 Å². The van der Waals surface area contributed by atoms with Gasteiger partial charge in [0.15, 0.2) is 0 Å². The second kappa shape index (κ2) is 5.21. The molecule has 76 valence electrons. The maximum Gasteiger partial charge on any atom is 0.341 e. The van der Waals surface area contributed by atoms with Crippen LogP contribution in [0.4, 0.5) is 17.6 Å². The summed E-state index contributed by atoms with van der Waals surface area (Å²) in [5, 5.41) is 1.34. The Morgan fingerprint density at radius 3 is 2.15 bits per heavy atom. The van der Waals surface area contributed by atoms with Gasteiger partial charge in [-0.05, 0) is 11.4 Å². The van der Waals surface area contributed by atoms with Crippen molar-refractivity contribution >= 4 is 11.3 Å². The molecular weight excluding hydrogens is 204 g/mol. The van der Waals surface area contributed by atoms with E-state index in [1.165, 1.54) is 11.4 Å². The van der Waals surface area contributed by atoms with Crippen LogP contribution in [0.2, 0.25) is 0 Å². The molecule has 0 bridgehead atoms.